The minimum Gasteiger partial charge on any atom is -0.354 e. The lowest BCUT2D eigenvalue weighted by atomic mass is 10.3. The molecule has 0 saturated heterocycles. The maximum Gasteiger partial charge on any atom is 0.226 e. The minimum atomic E-state index is -0.0584. The number of nitrogens with two attached hydrogens (primary N) is 1. The van der Waals surface area contributed by atoms with Crippen molar-refractivity contribution >= 4 is 17.2 Å². The molecule has 0 aromatic carbocycles. The van der Waals surface area contributed by atoms with Crippen LogP contribution in [0.25, 0.3) is 0 Å². The fourth-order valence-corrected chi connectivity index (χ4v) is 1.93. The van der Waals surface area contributed by atoms with Crippen molar-refractivity contribution in [1.29, 1.82) is 0 Å². The molecule has 1 unspecified atom stereocenters. The lowest BCUT2D eigenvalue weighted by Crippen LogP contribution is -2.31. The lowest BCUT2D eigenvalue weighted by molar-refractivity contribution is -0.120. The average molecular weight is 227 g/mol. The molecule has 3 N–H and O–H groups in total. The average Bonchev–Trinajstić information content (AvgIpc) is 2.50. The van der Waals surface area contributed by atoms with Crippen LogP contribution in [-0.2, 0) is 11.2 Å². The molecule has 1 amide bonds. The van der Waals surface area contributed by atoms with Gasteiger partial charge in [0.2, 0.25) is 5.91 Å². The summed E-state index contributed by atoms with van der Waals surface area (Å²) >= 11 is 1.50. The van der Waals surface area contributed by atoms with Crippen molar-refractivity contribution in [2.75, 3.05) is 0 Å². The number of hydrogen-bond acceptors (Lipinski definition) is 4. The van der Waals surface area contributed by atoms with Gasteiger partial charge in [-0.3, -0.25) is 4.79 Å². The maximum absolute atomic E-state index is 11.4. The summed E-state index contributed by atoms with van der Waals surface area (Å²) < 4.78 is 0. The Bertz CT molecular complexity index is 333. The number of amides is 1. The highest BCUT2D eigenvalue weighted by Crippen LogP contribution is 2.15. The first-order chi connectivity index (χ1) is 6.99. The van der Waals surface area contributed by atoms with Crippen molar-refractivity contribution in [2.24, 2.45) is 5.73 Å². The van der Waals surface area contributed by atoms with Gasteiger partial charge in [-0.2, -0.15) is 0 Å². The molecule has 4 nitrogen and oxygen atoms in total. The second kappa shape index (κ2) is 5.23. The SMILES string of the molecule is CC(C)NC(=O)Cc1csc(C(C)N)n1. The van der Waals surface area contributed by atoms with Crippen molar-refractivity contribution in [1.82, 2.24) is 10.3 Å². The molecule has 0 spiro atoms. The highest BCUT2D eigenvalue weighted by molar-refractivity contribution is 7.09. The third kappa shape index (κ3) is 3.97. The molecule has 1 rings (SSSR count). The van der Waals surface area contributed by atoms with E-state index in [-0.39, 0.29) is 18.0 Å². The van der Waals surface area contributed by atoms with Crippen molar-refractivity contribution in [3.8, 4) is 0 Å². The number of nitrogens with one attached hydrogen (secondary N) is 1. The van der Waals surface area contributed by atoms with Gasteiger partial charge < -0.3 is 11.1 Å². The van der Waals surface area contributed by atoms with Gasteiger partial charge in [-0.1, -0.05) is 0 Å². The van der Waals surface area contributed by atoms with Crippen LogP contribution < -0.4 is 11.1 Å². The van der Waals surface area contributed by atoms with E-state index >= 15 is 0 Å². The summed E-state index contributed by atoms with van der Waals surface area (Å²) in [5.41, 5.74) is 6.48. The number of nitrogens with zero attached hydrogens (tertiary/aromatic N) is 1. The Kier molecular flexibility index (Phi) is 4.23. The molecule has 84 valence electrons. The van der Waals surface area contributed by atoms with Crippen LogP contribution in [0.15, 0.2) is 5.38 Å². The second-order valence-electron chi connectivity index (χ2n) is 3.86. The van der Waals surface area contributed by atoms with Crippen molar-refractivity contribution in [3.63, 3.8) is 0 Å². The number of aromatic nitrogens is 1. The molecule has 0 radical (unpaired) electrons. The highest BCUT2D eigenvalue weighted by atomic mass is 32.1. The molecule has 1 heterocycles. The Hall–Kier alpha value is -0.940. The van der Waals surface area contributed by atoms with Crippen LogP contribution in [0.1, 0.15) is 37.5 Å². The zero-order valence-corrected chi connectivity index (χ0v) is 10.1. The molecule has 1 aromatic rings. The molecular weight excluding hydrogens is 210 g/mol. The first kappa shape index (κ1) is 12.1. The largest absolute Gasteiger partial charge is 0.354 e. The summed E-state index contributed by atoms with van der Waals surface area (Å²) in [6.45, 7) is 5.76. The second-order valence-corrected chi connectivity index (χ2v) is 4.75. The Morgan fingerprint density at radius 1 is 1.60 bits per heavy atom. The number of carbonyl (C=O) groups is 1. The van der Waals surface area contributed by atoms with Crippen molar-refractivity contribution in [2.45, 2.75) is 39.3 Å². The van der Waals surface area contributed by atoms with Crippen molar-refractivity contribution < 1.29 is 4.79 Å². The van der Waals surface area contributed by atoms with Gasteiger partial charge in [-0.25, -0.2) is 4.98 Å². The molecule has 0 bridgehead atoms. The van der Waals surface area contributed by atoms with Crippen LogP contribution >= 0.6 is 11.3 Å². The monoisotopic (exact) mass is 227 g/mol. The normalized spacial score (nSPS) is 12.9. The quantitative estimate of drug-likeness (QED) is 0.813. The molecule has 0 aliphatic heterocycles. The Labute approximate surface area is 93.9 Å². The Morgan fingerprint density at radius 3 is 2.73 bits per heavy atom. The smallest absolute Gasteiger partial charge is 0.226 e. The topological polar surface area (TPSA) is 68.0 Å². The number of thiazole rings is 1. The molecule has 0 aliphatic carbocycles. The number of hydrogen-bond donors (Lipinski definition) is 2. The first-order valence-electron chi connectivity index (χ1n) is 4.98. The summed E-state index contributed by atoms with van der Waals surface area (Å²) in [6.07, 6.45) is 0.335. The molecule has 0 aliphatic rings. The Morgan fingerprint density at radius 2 is 2.27 bits per heavy atom. The van der Waals surface area contributed by atoms with Crippen LogP contribution in [0.5, 0.6) is 0 Å². The number of carbonyl (C=O) groups excluding carboxylic acids is 1. The molecule has 0 saturated carbocycles. The van der Waals surface area contributed by atoms with Gasteiger partial charge in [0.05, 0.1) is 18.2 Å². The standard InChI is InChI=1S/C10H17N3OS/c1-6(2)12-9(14)4-8-5-15-10(13-8)7(3)11/h5-7H,4,11H2,1-3H3,(H,12,14). The summed E-state index contributed by atoms with van der Waals surface area (Å²) in [7, 11) is 0. The van der Waals surface area contributed by atoms with Gasteiger partial charge in [0, 0.05) is 11.4 Å². The van der Waals surface area contributed by atoms with Gasteiger partial charge in [0.15, 0.2) is 0 Å². The van der Waals surface area contributed by atoms with Gasteiger partial charge in [-0.05, 0) is 20.8 Å². The zero-order chi connectivity index (χ0) is 11.4. The van der Waals surface area contributed by atoms with Gasteiger partial charge in [0.1, 0.15) is 5.01 Å². The van der Waals surface area contributed by atoms with E-state index in [1.54, 1.807) is 0 Å². The van der Waals surface area contributed by atoms with Gasteiger partial charge in [-0.15, -0.1) is 11.3 Å². The van der Waals surface area contributed by atoms with E-state index in [0.29, 0.717) is 6.42 Å². The summed E-state index contributed by atoms with van der Waals surface area (Å²) in [5, 5.41) is 5.59. The van der Waals surface area contributed by atoms with Crippen LogP contribution in [0.3, 0.4) is 0 Å². The first-order valence-corrected chi connectivity index (χ1v) is 5.86. The van der Waals surface area contributed by atoms with Crippen LogP contribution in [0.2, 0.25) is 0 Å². The molecule has 1 atom stereocenters. The van der Waals surface area contributed by atoms with Gasteiger partial charge >= 0.3 is 0 Å². The van der Waals surface area contributed by atoms with E-state index in [9.17, 15) is 4.79 Å². The minimum absolute atomic E-state index is 0.00604. The fourth-order valence-electron chi connectivity index (χ4n) is 1.15. The molecule has 1 aromatic heterocycles. The van der Waals surface area contributed by atoms with Crippen LogP contribution in [0, 0.1) is 0 Å². The summed E-state index contributed by atoms with van der Waals surface area (Å²) in [5.74, 6) is 0.00604. The van der Waals surface area contributed by atoms with E-state index in [0.717, 1.165) is 10.7 Å². The van der Waals surface area contributed by atoms with E-state index in [1.165, 1.54) is 11.3 Å². The number of rotatable bonds is 4. The third-order valence-electron chi connectivity index (χ3n) is 1.75. The summed E-state index contributed by atoms with van der Waals surface area (Å²) in [6, 6.07) is 0.112. The fraction of sp³-hybridized carbons (Fsp3) is 0.600. The maximum atomic E-state index is 11.4. The summed E-state index contributed by atoms with van der Waals surface area (Å²) in [4.78, 5) is 15.7. The predicted molar refractivity (Wildman–Crippen MR) is 61.7 cm³/mol. The molecule has 0 fully saturated rings. The highest BCUT2D eigenvalue weighted by Gasteiger charge is 2.10. The van der Waals surface area contributed by atoms with E-state index < -0.39 is 0 Å². The third-order valence-corrected chi connectivity index (χ3v) is 2.84. The predicted octanol–water partition coefficient (Wildman–Crippen LogP) is 1.23. The molecule has 5 heteroatoms. The van der Waals surface area contributed by atoms with E-state index in [2.05, 4.69) is 10.3 Å². The van der Waals surface area contributed by atoms with E-state index in [1.807, 2.05) is 26.2 Å². The van der Waals surface area contributed by atoms with Crippen molar-refractivity contribution in [3.05, 3.63) is 16.1 Å². The lowest BCUT2D eigenvalue weighted by Gasteiger charge is -2.06. The van der Waals surface area contributed by atoms with E-state index in [4.69, 9.17) is 5.73 Å². The molecule has 15 heavy (non-hydrogen) atoms. The van der Waals surface area contributed by atoms with Crippen LogP contribution in [-0.4, -0.2) is 16.9 Å². The van der Waals surface area contributed by atoms with Crippen LogP contribution in [0.4, 0.5) is 0 Å². The zero-order valence-electron chi connectivity index (χ0n) is 9.28. The molecular formula is C10H17N3OS. The Balaban J connectivity index is 2.53. The van der Waals surface area contributed by atoms with Gasteiger partial charge in [0.25, 0.3) is 0 Å².